The number of fused-ring (bicyclic) bond motifs is 4. The van der Waals surface area contributed by atoms with Crippen LogP contribution in [0.25, 0.3) is 0 Å². The van der Waals surface area contributed by atoms with Crippen molar-refractivity contribution in [3.63, 3.8) is 0 Å². The number of nitro groups is 1. The Morgan fingerprint density at radius 1 is 0.945 bits per heavy atom. The molecule has 0 spiro atoms. The van der Waals surface area contributed by atoms with Crippen LogP contribution in [0.5, 0.6) is 11.5 Å². The van der Waals surface area contributed by atoms with Crippen molar-refractivity contribution >= 4 is 84.2 Å². The number of aromatic hydroxyl groups is 1. The normalized spacial score (nSPS) is 25.7. The lowest BCUT2D eigenvalue weighted by atomic mass is 9.49. The molecule has 4 aromatic carbocycles. The lowest BCUT2D eigenvalue weighted by Gasteiger charge is -2.51. The Bertz CT molecular complexity index is 2360. The number of phenolic OH excluding ortho intramolecular Hbond substituents is 1. The Hall–Kier alpha value is -5.12. The number of hydrogen-bond acceptors (Lipinski definition) is 9. The van der Waals surface area contributed by atoms with Crippen molar-refractivity contribution in [1.29, 1.82) is 0 Å². The van der Waals surface area contributed by atoms with Gasteiger partial charge in [-0.05, 0) is 116 Å². The van der Waals surface area contributed by atoms with Gasteiger partial charge >= 0.3 is 0 Å². The van der Waals surface area contributed by atoms with Gasteiger partial charge in [-0.2, -0.15) is 5.01 Å². The molecule has 2 aliphatic heterocycles. The highest BCUT2D eigenvalue weighted by molar-refractivity contribution is 9.13. The quantitative estimate of drug-likeness (QED) is 0.0817. The van der Waals surface area contributed by atoms with Gasteiger partial charge in [0, 0.05) is 27.5 Å². The first kappa shape index (κ1) is 36.8. The van der Waals surface area contributed by atoms with Gasteiger partial charge in [0.1, 0.15) is 5.82 Å². The molecule has 4 aliphatic rings. The summed E-state index contributed by atoms with van der Waals surface area (Å²) in [5, 5.41) is 23.7. The first-order valence-corrected chi connectivity index (χ1v) is 19.0. The van der Waals surface area contributed by atoms with Gasteiger partial charge in [-0.1, -0.05) is 35.4 Å². The minimum atomic E-state index is -1.68. The number of amides is 4. The van der Waals surface area contributed by atoms with E-state index in [-0.39, 0.29) is 45.9 Å². The van der Waals surface area contributed by atoms with Crippen molar-refractivity contribution in [3.05, 3.63) is 132 Å². The predicted molar refractivity (Wildman–Crippen MR) is 205 cm³/mol. The third kappa shape index (κ3) is 5.49. The van der Waals surface area contributed by atoms with Crippen LogP contribution in [0.1, 0.15) is 29.9 Å². The van der Waals surface area contributed by atoms with E-state index < -0.39 is 69.4 Å². The molecule has 4 aromatic rings. The van der Waals surface area contributed by atoms with Gasteiger partial charge < -0.3 is 9.84 Å². The van der Waals surface area contributed by atoms with E-state index in [4.69, 9.17) is 16.3 Å². The van der Waals surface area contributed by atoms with E-state index in [9.17, 15) is 34.0 Å². The van der Waals surface area contributed by atoms with Crippen LogP contribution in [-0.2, 0) is 24.6 Å². The number of phenols is 1. The molecule has 2 N–H and O–H groups in total. The van der Waals surface area contributed by atoms with E-state index in [2.05, 4.69) is 37.3 Å². The minimum Gasteiger partial charge on any atom is -0.503 e. The van der Waals surface area contributed by atoms with E-state index in [0.717, 1.165) is 9.91 Å². The first-order chi connectivity index (χ1) is 26.3. The molecule has 0 bridgehead atoms. The van der Waals surface area contributed by atoms with Gasteiger partial charge in [-0.15, -0.1) is 0 Å². The number of anilines is 2. The summed E-state index contributed by atoms with van der Waals surface area (Å²) >= 11 is 13.5. The fraction of sp³-hybridized carbons (Fsp3) is 0.231. The fourth-order valence-electron chi connectivity index (χ4n) is 8.96. The number of imide groups is 2. The number of methoxy groups -OCH3 is 1. The van der Waals surface area contributed by atoms with Crippen molar-refractivity contribution in [2.24, 2.45) is 23.7 Å². The molecule has 3 fully saturated rings. The molecule has 2 heterocycles. The third-order valence-corrected chi connectivity index (χ3v) is 13.7. The number of ether oxygens (including phenoxy) is 1. The zero-order valence-corrected chi connectivity index (χ0v) is 32.5. The number of carbonyl (C=O) groups excluding carboxylic acids is 4. The highest BCUT2D eigenvalue weighted by Crippen LogP contribution is 2.65. The summed E-state index contributed by atoms with van der Waals surface area (Å²) in [5.41, 5.74) is 2.99. The molecule has 4 amide bonds. The summed E-state index contributed by atoms with van der Waals surface area (Å²) < 4.78 is 20.1. The maximum Gasteiger partial charge on any atom is 0.269 e. The number of nitro benzene ring substituents is 1. The lowest BCUT2D eigenvalue weighted by Crippen LogP contribution is -2.53. The SMILES string of the molecule is COc1cc(C2C3=CCC4C(=O)N(c5ccc([N+](=O)[O-])cc5)C(=O)C4C3CC3C(=O)N(Nc4ccc(F)cc4)C(=O)C32c2ccc(Cl)cc2)c(Br)c(Br)c1O. The van der Waals surface area contributed by atoms with Gasteiger partial charge in [0.25, 0.3) is 17.5 Å². The molecule has 16 heteroatoms. The smallest absolute Gasteiger partial charge is 0.269 e. The third-order valence-electron chi connectivity index (χ3n) is 11.3. The van der Waals surface area contributed by atoms with Crippen molar-refractivity contribution in [2.45, 2.75) is 24.2 Å². The molecule has 55 heavy (non-hydrogen) atoms. The van der Waals surface area contributed by atoms with Crippen molar-refractivity contribution in [3.8, 4) is 11.5 Å². The molecule has 12 nitrogen and oxygen atoms in total. The second-order valence-corrected chi connectivity index (χ2v) is 15.8. The molecule has 2 aliphatic carbocycles. The Morgan fingerprint density at radius 3 is 2.25 bits per heavy atom. The lowest BCUT2D eigenvalue weighted by molar-refractivity contribution is -0.384. The van der Waals surface area contributed by atoms with Crippen LogP contribution in [0.15, 0.2) is 99.5 Å². The van der Waals surface area contributed by atoms with E-state index >= 15 is 4.79 Å². The second kappa shape index (κ2) is 13.6. The number of carbonyl (C=O) groups is 4. The molecular formula is C39H28Br2ClFN4O8. The summed E-state index contributed by atoms with van der Waals surface area (Å²) in [6.07, 6.45) is 1.97. The van der Waals surface area contributed by atoms with Crippen LogP contribution < -0.4 is 15.1 Å². The zero-order chi connectivity index (χ0) is 39.1. The average Bonchev–Trinajstić information content (AvgIpc) is 3.56. The highest BCUT2D eigenvalue weighted by atomic mass is 79.9. The summed E-state index contributed by atoms with van der Waals surface area (Å²) in [5.74, 6) is -7.53. The van der Waals surface area contributed by atoms with Crippen LogP contribution in [0.3, 0.4) is 0 Å². The van der Waals surface area contributed by atoms with E-state index in [1.807, 2.05) is 6.08 Å². The second-order valence-electron chi connectivity index (χ2n) is 13.8. The Morgan fingerprint density at radius 2 is 1.62 bits per heavy atom. The number of hydrazine groups is 1. The number of allylic oxidation sites excluding steroid dienone is 2. The number of nitrogens with one attached hydrogen (secondary N) is 1. The molecule has 1 saturated carbocycles. The maximum absolute atomic E-state index is 15.4. The summed E-state index contributed by atoms with van der Waals surface area (Å²) in [4.78, 5) is 70.7. The molecule has 0 aromatic heterocycles. The Balaban J connectivity index is 1.34. The van der Waals surface area contributed by atoms with Crippen LogP contribution in [0, 0.1) is 39.6 Å². The summed E-state index contributed by atoms with van der Waals surface area (Å²) in [7, 11) is 1.37. The standard InChI is InChI=1S/C39H28Br2ClFN4O8/c1-55-29-17-27(32(40)33(41)34(29)48)31-24-14-15-25-30(37(51)45(35(25)49)22-10-12-23(13-11-22)47(53)54)26(24)16-28-36(50)46(44-21-8-6-20(43)7-9-21)38(52)39(28,31)18-2-4-19(42)5-3-18/h2-14,17,25-26,28,30-31,44,48H,15-16H2,1H3. The van der Waals surface area contributed by atoms with E-state index in [0.29, 0.717) is 26.2 Å². The fourth-order valence-corrected chi connectivity index (χ4v) is 10.0. The number of non-ortho nitro benzene ring substituents is 1. The average molecular weight is 895 g/mol. The summed E-state index contributed by atoms with van der Waals surface area (Å²) in [6.45, 7) is 0. The van der Waals surface area contributed by atoms with E-state index in [1.54, 1.807) is 30.3 Å². The van der Waals surface area contributed by atoms with Gasteiger partial charge in [0.15, 0.2) is 11.5 Å². The topological polar surface area (TPSA) is 159 Å². The maximum atomic E-state index is 15.4. The molecular weight excluding hydrogens is 867 g/mol. The molecule has 6 unspecified atom stereocenters. The van der Waals surface area contributed by atoms with Crippen molar-refractivity contribution in [2.75, 3.05) is 17.4 Å². The van der Waals surface area contributed by atoms with Gasteiger partial charge in [-0.3, -0.25) is 39.6 Å². The zero-order valence-electron chi connectivity index (χ0n) is 28.5. The highest BCUT2D eigenvalue weighted by Gasteiger charge is 2.70. The molecule has 8 rings (SSSR count). The number of benzene rings is 4. The van der Waals surface area contributed by atoms with E-state index in [1.165, 1.54) is 55.6 Å². The number of rotatable bonds is 7. The monoisotopic (exact) mass is 892 g/mol. The van der Waals surface area contributed by atoms with Crippen LogP contribution in [-0.4, -0.2) is 45.8 Å². The first-order valence-electron chi connectivity index (χ1n) is 17.0. The molecule has 280 valence electrons. The predicted octanol–water partition coefficient (Wildman–Crippen LogP) is 7.82. The van der Waals surface area contributed by atoms with Gasteiger partial charge in [-0.25, -0.2) is 4.39 Å². The van der Waals surface area contributed by atoms with Gasteiger partial charge in [0.2, 0.25) is 11.8 Å². The Kier molecular flexibility index (Phi) is 9.09. The Labute approximate surface area is 334 Å². The number of halogens is 4. The van der Waals surface area contributed by atoms with Crippen molar-refractivity contribution < 1.29 is 38.3 Å². The number of hydrogen-bond donors (Lipinski definition) is 2. The van der Waals surface area contributed by atoms with Crippen LogP contribution in [0.4, 0.5) is 21.5 Å². The van der Waals surface area contributed by atoms with Crippen LogP contribution in [0.2, 0.25) is 5.02 Å². The molecule has 6 atom stereocenters. The number of nitrogens with zero attached hydrogens (tertiary/aromatic N) is 3. The minimum absolute atomic E-state index is 0.0145. The molecule has 0 radical (unpaired) electrons. The van der Waals surface area contributed by atoms with Crippen molar-refractivity contribution in [1.82, 2.24) is 5.01 Å². The van der Waals surface area contributed by atoms with Crippen LogP contribution >= 0.6 is 43.5 Å². The van der Waals surface area contributed by atoms with Gasteiger partial charge in [0.05, 0.1) is 51.0 Å². The summed E-state index contributed by atoms with van der Waals surface area (Å²) in [6, 6.07) is 18.5. The molecule has 2 saturated heterocycles. The largest absolute Gasteiger partial charge is 0.503 e.